The average Bonchev–Trinajstić information content (AvgIpc) is 2.77. The smallest absolute Gasteiger partial charge is 0.122 e. The summed E-state index contributed by atoms with van der Waals surface area (Å²) in [6.45, 7) is 4.00. The van der Waals surface area contributed by atoms with E-state index in [-0.39, 0.29) is 0 Å². The molecule has 0 radical (unpaired) electrons. The first-order valence-electron chi connectivity index (χ1n) is 6.60. The van der Waals surface area contributed by atoms with Crippen LogP contribution in [0.3, 0.4) is 0 Å². The molecule has 0 heterocycles. The lowest BCUT2D eigenvalue weighted by atomic mass is 9.74. The number of fused-ring (bicyclic) bond motifs is 2. The van der Waals surface area contributed by atoms with Gasteiger partial charge in [0.15, 0.2) is 0 Å². The zero-order chi connectivity index (χ0) is 11.8. The van der Waals surface area contributed by atoms with Crippen molar-refractivity contribution < 1.29 is 4.74 Å². The fraction of sp³-hybridized carbons (Fsp3) is 0.500. The van der Waals surface area contributed by atoms with Gasteiger partial charge in [-0.15, -0.1) is 6.58 Å². The topological polar surface area (TPSA) is 9.23 Å². The van der Waals surface area contributed by atoms with Crippen LogP contribution in [0.15, 0.2) is 30.9 Å². The maximum Gasteiger partial charge on any atom is 0.122 e. The van der Waals surface area contributed by atoms with E-state index in [9.17, 15) is 0 Å². The van der Waals surface area contributed by atoms with Crippen molar-refractivity contribution in [1.29, 1.82) is 0 Å². The van der Waals surface area contributed by atoms with Gasteiger partial charge >= 0.3 is 0 Å². The molecule has 3 rings (SSSR count). The van der Waals surface area contributed by atoms with Crippen molar-refractivity contribution >= 4 is 0 Å². The van der Waals surface area contributed by atoms with Crippen molar-refractivity contribution in [2.45, 2.75) is 25.7 Å². The van der Waals surface area contributed by atoms with Gasteiger partial charge in [-0.3, -0.25) is 0 Å². The number of methoxy groups -OCH3 is 1. The Balaban J connectivity index is 1.96. The molecule has 0 aliphatic heterocycles. The highest BCUT2D eigenvalue weighted by atomic mass is 16.5. The van der Waals surface area contributed by atoms with Gasteiger partial charge < -0.3 is 4.74 Å². The molecule has 0 N–H and O–H groups in total. The third-order valence-corrected chi connectivity index (χ3v) is 4.70. The van der Waals surface area contributed by atoms with Crippen LogP contribution in [0.4, 0.5) is 0 Å². The molecule has 0 spiro atoms. The zero-order valence-electron chi connectivity index (χ0n) is 10.5. The van der Waals surface area contributed by atoms with E-state index in [2.05, 4.69) is 30.9 Å². The van der Waals surface area contributed by atoms with E-state index in [0.29, 0.717) is 0 Å². The second-order valence-electron chi connectivity index (χ2n) is 5.41. The molecule has 3 unspecified atom stereocenters. The molecule has 2 aliphatic rings. The minimum atomic E-state index is 0.736. The minimum Gasteiger partial charge on any atom is -0.496 e. The first-order valence-corrected chi connectivity index (χ1v) is 6.60. The van der Waals surface area contributed by atoms with Gasteiger partial charge in [-0.2, -0.15) is 0 Å². The monoisotopic (exact) mass is 228 g/mol. The standard InChI is InChI=1S/C16H20O/c1-3-11-7-8-13-10-15-12(9-14(11)13)5-4-6-16(15)17-2/h3-6,11,13-14H,1,7-10H2,2H3. The highest BCUT2D eigenvalue weighted by Crippen LogP contribution is 2.46. The molecule has 0 aromatic heterocycles. The summed E-state index contributed by atoms with van der Waals surface area (Å²) in [5.74, 6) is 3.50. The third kappa shape index (κ3) is 1.69. The zero-order valence-corrected chi connectivity index (χ0v) is 10.5. The van der Waals surface area contributed by atoms with Crippen LogP contribution in [0.2, 0.25) is 0 Å². The highest BCUT2D eigenvalue weighted by molar-refractivity contribution is 5.42. The molecule has 0 saturated heterocycles. The lowest BCUT2D eigenvalue weighted by Crippen LogP contribution is -2.24. The first kappa shape index (κ1) is 10.9. The van der Waals surface area contributed by atoms with Gasteiger partial charge in [0.25, 0.3) is 0 Å². The number of hydrogen-bond donors (Lipinski definition) is 0. The molecule has 1 nitrogen and oxygen atoms in total. The van der Waals surface area contributed by atoms with Gasteiger partial charge in [0.2, 0.25) is 0 Å². The molecular weight excluding hydrogens is 208 g/mol. The van der Waals surface area contributed by atoms with Gasteiger partial charge in [0, 0.05) is 0 Å². The van der Waals surface area contributed by atoms with Crippen molar-refractivity contribution in [3.63, 3.8) is 0 Å². The molecule has 1 aromatic carbocycles. The summed E-state index contributed by atoms with van der Waals surface area (Å²) >= 11 is 0. The molecule has 2 aliphatic carbocycles. The summed E-state index contributed by atoms with van der Waals surface area (Å²) in [4.78, 5) is 0. The van der Waals surface area contributed by atoms with Crippen molar-refractivity contribution in [2.75, 3.05) is 7.11 Å². The molecule has 3 atom stereocenters. The summed E-state index contributed by atoms with van der Waals surface area (Å²) in [5.41, 5.74) is 2.96. The van der Waals surface area contributed by atoms with Crippen LogP contribution in [-0.2, 0) is 12.8 Å². The number of hydrogen-bond acceptors (Lipinski definition) is 1. The quantitative estimate of drug-likeness (QED) is 0.702. The minimum absolute atomic E-state index is 0.736. The molecule has 1 fully saturated rings. The van der Waals surface area contributed by atoms with Gasteiger partial charge in [0.05, 0.1) is 7.11 Å². The summed E-state index contributed by atoms with van der Waals surface area (Å²) in [7, 11) is 1.78. The van der Waals surface area contributed by atoms with Crippen LogP contribution < -0.4 is 4.74 Å². The van der Waals surface area contributed by atoms with E-state index < -0.39 is 0 Å². The molecule has 1 aromatic rings. The second-order valence-corrected chi connectivity index (χ2v) is 5.41. The van der Waals surface area contributed by atoms with Crippen LogP contribution in [0.25, 0.3) is 0 Å². The van der Waals surface area contributed by atoms with Gasteiger partial charge in [-0.25, -0.2) is 0 Å². The predicted octanol–water partition coefficient (Wildman–Crippen LogP) is 3.62. The van der Waals surface area contributed by atoms with Crippen molar-refractivity contribution in [3.05, 3.63) is 42.0 Å². The Bertz CT molecular complexity index is 435. The van der Waals surface area contributed by atoms with E-state index >= 15 is 0 Å². The Morgan fingerprint density at radius 1 is 1.29 bits per heavy atom. The molecule has 0 amide bonds. The van der Waals surface area contributed by atoms with Crippen molar-refractivity contribution in [2.24, 2.45) is 17.8 Å². The first-order chi connectivity index (χ1) is 8.33. The normalized spacial score (nSPS) is 30.5. The molecule has 17 heavy (non-hydrogen) atoms. The van der Waals surface area contributed by atoms with Gasteiger partial charge in [-0.05, 0) is 60.6 Å². The maximum absolute atomic E-state index is 5.49. The number of allylic oxidation sites excluding steroid dienone is 1. The van der Waals surface area contributed by atoms with Crippen LogP contribution in [0, 0.1) is 17.8 Å². The predicted molar refractivity (Wildman–Crippen MR) is 70.3 cm³/mol. The lowest BCUT2D eigenvalue weighted by Gasteiger charge is -2.31. The largest absolute Gasteiger partial charge is 0.496 e. The van der Waals surface area contributed by atoms with E-state index in [1.54, 1.807) is 7.11 Å². The summed E-state index contributed by atoms with van der Waals surface area (Å²) in [5, 5.41) is 0. The van der Waals surface area contributed by atoms with Crippen LogP contribution in [0.1, 0.15) is 24.0 Å². The van der Waals surface area contributed by atoms with E-state index in [1.807, 2.05) is 0 Å². The molecule has 1 heteroatoms. The van der Waals surface area contributed by atoms with E-state index in [4.69, 9.17) is 4.74 Å². The Kier molecular flexibility index (Phi) is 2.70. The maximum atomic E-state index is 5.49. The van der Waals surface area contributed by atoms with Gasteiger partial charge in [0.1, 0.15) is 5.75 Å². The number of ether oxygens (including phenoxy) is 1. The second kappa shape index (κ2) is 4.21. The van der Waals surface area contributed by atoms with Crippen LogP contribution in [0.5, 0.6) is 5.75 Å². The van der Waals surface area contributed by atoms with Crippen molar-refractivity contribution in [1.82, 2.24) is 0 Å². The number of benzene rings is 1. The molecular formula is C16H20O. The van der Waals surface area contributed by atoms with Crippen molar-refractivity contribution in [3.8, 4) is 5.75 Å². The Morgan fingerprint density at radius 3 is 2.94 bits per heavy atom. The molecule has 0 bridgehead atoms. The van der Waals surface area contributed by atoms with Crippen LogP contribution >= 0.6 is 0 Å². The Labute approximate surface area is 103 Å². The van der Waals surface area contributed by atoms with E-state index in [1.165, 1.54) is 36.8 Å². The highest BCUT2D eigenvalue weighted by Gasteiger charge is 2.38. The lowest BCUT2D eigenvalue weighted by molar-refractivity contribution is 0.315. The number of rotatable bonds is 2. The summed E-state index contributed by atoms with van der Waals surface area (Å²) < 4.78 is 5.49. The molecule has 90 valence electrons. The Hall–Kier alpha value is -1.24. The fourth-order valence-corrected chi connectivity index (χ4v) is 3.79. The summed E-state index contributed by atoms with van der Waals surface area (Å²) in [6, 6.07) is 6.49. The average molecular weight is 228 g/mol. The third-order valence-electron chi connectivity index (χ3n) is 4.70. The van der Waals surface area contributed by atoms with E-state index in [0.717, 1.165) is 23.5 Å². The SMILES string of the molecule is C=CC1CCC2Cc3c(cccc3OC)CC12. The van der Waals surface area contributed by atoms with Crippen LogP contribution in [-0.4, -0.2) is 7.11 Å². The summed E-state index contributed by atoms with van der Waals surface area (Å²) in [6.07, 6.45) is 7.28. The Morgan fingerprint density at radius 2 is 2.18 bits per heavy atom. The molecule has 1 saturated carbocycles. The van der Waals surface area contributed by atoms with Gasteiger partial charge in [-0.1, -0.05) is 18.2 Å². The fourth-order valence-electron chi connectivity index (χ4n) is 3.79.